The molecule has 0 aromatic rings. The third-order valence-corrected chi connectivity index (χ3v) is 0. The monoisotopic (exact) mass is 288 g/mol. The summed E-state index contributed by atoms with van der Waals surface area (Å²) >= 11 is 0. The Morgan fingerprint density at radius 2 is 0.500 bits per heavy atom. The molecular weight excluding hydrogens is 291 g/mol. The van der Waals surface area contributed by atoms with Crippen LogP contribution < -0.4 is 50.9 Å². The van der Waals surface area contributed by atoms with Crippen molar-refractivity contribution in [3.63, 3.8) is 0 Å². The van der Waals surface area contributed by atoms with Crippen molar-refractivity contribution < 1.29 is 69.5 Å². The van der Waals surface area contributed by atoms with E-state index in [4.69, 9.17) is 0 Å². The van der Waals surface area contributed by atoms with E-state index in [2.05, 4.69) is 0 Å². The van der Waals surface area contributed by atoms with Crippen LogP contribution in [0.1, 0.15) is 0 Å². The maximum atomic E-state index is 0. The first kappa shape index (κ1) is 37.1. The van der Waals surface area contributed by atoms with Crippen LogP contribution in [-0.4, -0.2) is 0 Å². The topological polar surface area (TPSA) is 0 Å². The summed E-state index contributed by atoms with van der Waals surface area (Å²) in [5, 5.41) is 0. The molecule has 0 N–H and O–H groups in total. The Labute approximate surface area is 68.9 Å². The molecule has 0 spiro atoms. The van der Waals surface area contributed by atoms with Crippen molar-refractivity contribution >= 4 is 0 Å². The van der Waals surface area contributed by atoms with Gasteiger partial charge < -0.3 is 50.9 Å². The van der Waals surface area contributed by atoms with E-state index in [1.165, 1.54) is 0 Å². The molecule has 4 heteroatoms. The quantitative estimate of drug-likeness (QED) is 0.416. The van der Waals surface area contributed by atoms with Crippen LogP contribution in [0.25, 0.3) is 0 Å². The van der Waals surface area contributed by atoms with Gasteiger partial charge in [0.15, 0.2) is 0 Å². The van der Waals surface area contributed by atoms with Gasteiger partial charge in [-0.15, -0.1) is 0 Å². The zero-order chi connectivity index (χ0) is 0. The van der Waals surface area contributed by atoms with Gasteiger partial charge in [0.25, 0.3) is 0 Å². The predicted molar refractivity (Wildman–Crippen MR) is 0 cm³/mol. The fourth-order valence-electron chi connectivity index (χ4n) is 0. The minimum Gasteiger partial charge on any atom is -1.00 e. The van der Waals surface area contributed by atoms with Gasteiger partial charge in [0.2, 0.25) is 0 Å². The Morgan fingerprint density at radius 3 is 0.500 bits per heavy atom. The van der Waals surface area contributed by atoms with E-state index in [1.54, 1.807) is 0 Å². The van der Waals surface area contributed by atoms with Crippen LogP contribution in [0.3, 0.4) is 0 Å². The smallest absolute Gasteiger partial charge is 1.00 e. The van der Waals surface area contributed by atoms with E-state index in [1.807, 2.05) is 0 Å². The molecule has 0 aromatic carbocycles. The van der Waals surface area contributed by atoms with E-state index in [-0.39, 0.29) is 69.5 Å². The molecular formula is Br3V. The summed E-state index contributed by atoms with van der Waals surface area (Å²) in [5.41, 5.74) is 0. The Bertz CT molecular complexity index is 3.25. The van der Waals surface area contributed by atoms with E-state index >= 15 is 0 Å². The molecule has 0 unspecified atom stereocenters. The molecule has 0 bridgehead atoms. The van der Waals surface area contributed by atoms with Gasteiger partial charge in [-0.2, -0.15) is 0 Å². The van der Waals surface area contributed by atoms with Crippen LogP contribution in [0, 0.1) is 0 Å². The zero-order valence-corrected chi connectivity index (χ0v) is 7.74. The molecule has 0 aromatic heterocycles. The Balaban J connectivity index is 0. The van der Waals surface area contributed by atoms with Gasteiger partial charge in [0.05, 0.1) is 0 Å². The zero-order valence-electron chi connectivity index (χ0n) is 1.58. The predicted octanol–water partition coefficient (Wildman–Crippen LogP) is -8.99. The molecule has 0 aliphatic heterocycles. The normalized spacial score (nSPS) is 0. The van der Waals surface area contributed by atoms with E-state index in [9.17, 15) is 0 Å². The Hall–Kier alpha value is 2.02. The van der Waals surface area contributed by atoms with Crippen LogP contribution in [0.5, 0.6) is 0 Å². The molecule has 0 aliphatic carbocycles. The summed E-state index contributed by atoms with van der Waals surface area (Å²) in [4.78, 5) is 0. The molecule has 0 saturated carbocycles. The molecule has 26 valence electrons. The molecule has 0 nitrogen and oxygen atoms in total. The van der Waals surface area contributed by atoms with Gasteiger partial charge in [-0.05, 0) is 0 Å². The molecule has 0 amide bonds. The largest absolute Gasteiger partial charge is 3.00 e. The van der Waals surface area contributed by atoms with Gasteiger partial charge >= 0.3 is 18.6 Å². The van der Waals surface area contributed by atoms with Gasteiger partial charge in [0.1, 0.15) is 0 Å². The second kappa shape index (κ2) is 19.9. The molecule has 0 aliphatic rings. The maximum absolute atomic E-state index is 0. The summed E-state index contributed by atoms with van der Waals surface area (Å²) in [5.74, 6) is 0. The van der Waals surface area contributed by atoms with Crippen molar-refractivity contribution in [2.75, 3.05) is 0 Å². The number of rotatable bonds is 0. The van der Waals surface area contributed by atoms with Crippen molar-refractivity contribution in [1.29, 1.82) is 0 Å². The van der Waals surface area contributed by atoms with Gasteiger partial charge in [-0.1, -0.05) is 0 Å². The van der Waals surface area contributed by atoms with Gasteiger partial charge in [-0.25, -0.2) is 0 Å². The standard InChI is InChI=1S/3BrH.V/h3*1H;/q;;;+3/p-3. The van der Waals surface area contributed by atoms with E-state index in [0.29, 0.717) is 0 Å². The fraction of sp³-hybridized carbons (Fsp3) is 0. The number of halogens is 3. The third kappa shape index (κ3) is 8.98. The molecule has 0 radical (unpaired) electrons. The fourth-order valence-corrected chi connectivity index (χ4v) is 0. The van der Waals surface area contributed by atoms with Crippen LogP contribution in [-0.2, 0) is 18.6 Å². The van der Waals surface area contributed by atoms with Gasteiger partial charge in [-0.3, -0.25) is 0 Å². The average molecular weight is 291 g/mol. The summed E-state index contributed by atoms with van der Waals surface area (Å²) in [6.07, 6.45) is 0. The second-order valence-electron chi connectivity index (χ2n) is 0. The summed E-state index contributed by atoms with van der Waals surface area (Å²) in [6, 6.07) is 0. The molecule has 4 heavy (non-hydrogen) atoms. The summed E-state index contributed by atoms with van der Waals surface area (Å²) < 4.78 is 0. The van der Waals surface area contributed by atoms with Crippen LogP contribution in [0.15, 0.2) is 0 Å². The minimum absolute atomic E-state index is 0. The van der Waals surface area contributed by atoms with Crippen molar-refractivity contribution in [3.05, 3.63) is 0 Å². The Kier molecular flexibility index (Phi) is 184. The third-order valence-electron chi connectivity index (χ3n) is 0. The number of hydrogen-bond acceptors (Lipinski definition) is 0. The average Bonchev–Trinajstić information content (AvgIpc) is 0. The summed E-state index contributed by atoms with van der Waals surface area (Å²) in [6.45, 7) is 0. The van der Waals surface area contributed by atoms with Crippen molar-refractivity contribution in [2.24, 2.45) is 0 Å². The van der Waals surface area contributed by atoms with Crippen LogP contribution in [0.2, 0.25) is 0 Å². The van der Waals surface area contributed by atoms with Crippen molar-refractivity contribution in [1.82, 2.24) is 0 Å². The van der Waals surface area contributed by atoms with Crippen molar-refractivity contribution in [2.45, 2.75) is 0 Å². The molecule has 0 heterocycles. The summed E-state index contributed by atoms with van der Waals surface area (Å²) in [7, 11) is 0. The Morgan fingerprint density at radius 1 is 0.500 bits per heavy atom. The first-order chi connectivity index (χ1) is 0. The molecule has 0 rings (SSSR count). The molecule has 0 atom stereocenters. The second-order valence-corrected chi connectivity index (χ2v) is 0. The first-order valence-corrected chi connectivity index (χ1v) is 0. The van der Waals surface area contributed by atoms with E-state index < -0.39 is 0 Å². The van der Waals surface area contributed by atoms with Crippen LogP contribution in [0.4, 0.5) is 0 Å². The SMILES string of the molecule is [Br-].[Br-].[Br-].[V+3]. The van der Waals surface area contributed by atoms with Gasteiger partial charge in [0, 0.05) is 0 Å². The molecule has 0 saturated heterocycles. The molecule has 0 fully saturated rings. The minimum atomic E-state index is 0. The first-order valence-electron chi connectivity index (χ1n) is 0. The van der Waals surface area contributed by atoms with E-state index in [0.717, 1.165) is 0 Å². The van der Waals surface area contributed by atoms with Crippen LogP contribution >= 0.6 is 0 Å². The maximum Gasteiger partial charge on any atom is 3.00 e. The number of hydrogen-bond donors (Lipinski definition) is 0. The van der Waals surface area contributed by atoms with Crippen molar-refractivity contribution in [3.8, 4) is 0 Å².